The van der Waals surface area contributed by atoms with Crippen molar-refractivity contribution >= 4 is 41.7 Å². The van der Waals surface area contributed by atoms with E-state index in [0.717, 1.165) is 50.0 Å². The number of aliphatic imine (C=N–C) groups is 1. The van der Waals surface area contributed by atoms with Crippen LogP contribution < -0.4 is 10.6 Å². The predicted molar refractivity (Wildman–Crippen MR) is 129 cm³/mol. The highest BCUT2D eigenvalue weighted by Gasteiger charge is 2.06. The average Bonchev–Trinajstić information content (AvgIpc) is 3.09. The summed E-state index contributed by atoms with van der Waals surface area (Å²) in [4.78, 5) is 4.75. The summed E-state index contributed by atoms with van der Waals surface area (Å²) in [5.41, 5.74) is 0. The summed E-state index contributed by atoms with van der Waals surface area (Å²) in [5.74, 6) is 3.12. The molecule has 0 spiro atoms. The van der Waals surface area contributed by atoms with Crippen molar-refractivity contribution in [1.29, 1.82) is 0 Å². The molecule has 0 aromatic carbocycles. The predicted octanol–water partition coefficient (Wildman–Crippen LogP) is 4.11. The minimum atomic E-state index is 0. The molecule has 6 nitrogen and oxygen atoms in total. The van der Waals surface area contributed by atoms with Crippen LogP contribution in [-0.2, 0) is 13.0 Å². The van der Waals surface area contributed by atoms with Gasteiger partial charge < -0.3 is 15.2 Å². The normalized spacial score (nSPS) is 12.5. The van der Waals surface area contributed by atoms with Gasteiger partial charge in [-0.2, -0.15) is 11.8 Å². The summed E-state index contributed by atoms with van der Waals surface area (Å²) < 4.78 is 2.10. The molecule has 0 aliphatic heterocycles. The highest BCUT2D eigenvalue weighted by molar-refractivity contribution is 14.0. The lowest BCUT2D eigenvalue weighted by Crippen LogP contribution is -2.43. The zero-order valence-corrected chi connectivity index (χ0v) is 20.7. The van der Waals surface area contributed by atoms with Gasteiger partial charge in [-0.25, -0.2) is 0 Å². The number of guanidine groups is 1. The molecule has 0 aliphatic rings. The third-order valence-electron chi connectivity index (χ3n) is 4.31. The summed E-state index contributed by atoms with van der Waals surface area (Å²) >= 11 is 1.88. The summed E-state index contributed by atoms with van der Waals surface area (Å²) in [7, 11) is 0. The van der Waals surface area contributed by atoms with Crippen molar-refractivity contribution in [2.24, 2.45) is 4.99 Å². The maximum atomic E-state index is 4.75. The van der Waals surface area contributed by atoms with Crippen molar-refractivity contribution in [2.45, 2.75) is 78.3 Å². The minimum absolute atomic E-state index is 0. The lowest BCUT2D eigenvalue weighted by Gasteiger charge is -2.18. The van der Waals surface area contributed by atoms with Crippen LogP contribution in [-0.4, -0.2) is 51.9 Å². The molecule has 0 aliphatic carbocycles. The van der Waals surface area contributed by atoms with Gasteiger partial charge in [-0.3, -0.25) is 4.99 Å². The van der Waals surface area contributed by atoms with Crippen molar-refractivity contribution in [1.82, 2.24) is 25.4 Å². The number of rotatable bonds is 14. The van der Waals surface area contributed by atoms with E-state index in [0.29, 0.717) is 6.04 Å². The van der Waals surface area contributed by atoms with Gasteiger partial charge in [-0.1, -0.05) is 39.5 Å². The van der Waals surface area contributed by atoms with Gasteiger partial charge in [-0.15, -0.1) is 34.2 Å². The van der Waals surface area contributed by atoms with Gasteiger partial charge in [0, 0.05) is 32.1 Å². The monoisotopic (exact) mass is 510 g/mol. The number of nitrogens with one attached hydrogen (secondary N) is 2. The first-order valence-electron chi connectivity index (χ1n) is 10.1. The Morgan fingerprint density at radius 3 is 2.78 bits per heavy atom. The third-order valence-corrected chi connectivity index (χ3v) is 5.00. The fourth-order valence-electron chi connectivity index (χ4n) is 2.77. The molecule has 1 aromatic rings. The van der Waals surface area contributed by atoms with E-state index in [1.807, 2.05) is 11.8 Å². The Bertz CT molecular complexity index is 494. The van der Waals surface area contributed by atoms with Gasteiger partial charge >= 0.3 is 0 Å². The molecular formula is C19H39IN6S. The van der Waals surface area contributed by atoms with Gasteiger partial charge in [0.2, 0.25) is 0 Å². The number of unbranched alkanes of at least 4 members (excludes halogenated alkanes) is 3. The molecule has 8 heteroatoms. The van der Waals surface area contributed by atoms with Crippen LogP contribution >= 0.6 is 35.7 Å². The number of aryl methyl sites for hydroxylation is 1. The second-order valence-corrected chi connectivity index (χ2v) is 7.68. The highest BCUT2D eigenvalue weighted by atomic mass is 127. The third kappa shape index (κ3) is 12.5. The summed E-state index contributed by atoms with van der Waals surface area (Å²) in [6.45, 7) is 9.15. The Labute approximate surface area is 187 Å². The van der Waals surface area contributed by atoms with Gasteiger partial charge in [0.05, 0.1) is 0 Å². The molecule has 0 amide bonds. The maximum absolute atomic E-state index is 4.75. The number of hydrogen-bond donors (Lipinski definition) is 2. The van der Waals surface area contributed by atoms with Gasteiger partial charge in [0.1, 0.15) is 12.2 Å². The summed E-state index contributed by atoms with van der Waals surface area (Å²) in [5, 5.41) is 15.2. The van der Waals surface area contributed by atoms with E-state index < -0.39 is 0 Å². The fraction of sp³-hybridized carbons (Fsp3) is 0.842. The molecular weight excluding hydrogens is 471 g/mol. The van der Waals surface area contributed by atoms with Crippen molar-refractivity contribution in [2.75, 3.05) is 25.1 Å². The molecule has 158 valence electrons. The molecule has 1 atom stereocenters. The zero-order chi connectivity index (χ0) is 19.0. The topological polar surface area (TPSA) is 67.1 Å². The Morgan fingerprint density at radius 2 is 2.07 bits per heavy atom. The average molecular weight is 511 g/mol. The summed E-state index contributed by atoms with van der Waals surface area (Å²) in [6.07, 6.45) is 12.4. The van der Waals surface area contributed by atoms with Crippen LogP contribution in [0.1, 0.15) is 65.1 Å². The first-order valence-corrected chi connectivity index (χ1v) is 11.5. The van der Waals surface area contributed by atoms with Crippen molar-refractivity contribution in [3.8, 4) is 0 Å². The molecule has 0 radical (unpaired) electrons. The largest absolute Gasteiger partial charge is 0.355 e. The zero-order valence-electron chi connectivity index (χ0n) is 17.5. The Hall–Kier alpha value is -0.510. The standard InChI is InChI=1S/C19H38N6S.HI/c1-5-7-8-9-11-17(3)23-19(20-12-10-15-26-4)21-13-14-25-16-22-24-18(25)6-2;/h16-17H,5-15H2,1-4H3,(H2,20,21,23);1H. The second-order valence-electron chi connectivity index (χ2n) is 6.69. The van der Waals surface area contributed by atoms with Crippen molar-refractivity contribution < 1.29 is 0 Å². The molecule has 0 saturated heterocycles. The van der Waals surface area contributed by atoms with Crippen LogP contribution in [0.25, 0.3) is 0 Å². The van der Waals surface area contributed by atoms with E-state index in [2.05, 4.69) is 52.4 Å². The molecule has 1 rings (SSSR count). The van der Waals surface area contributed by atoms with Crippen LogP contribution in [0.3, 0.4) is 0 Å². The van der Waals surface area contributed by atoms with Gasteiger partial charge in [-0.05, 0) is 31.8 Å². The van der Waals surface area contributed by atoms with E-state index in [1.54, 1.807) is 6.33 Å². The smallest absolute Gasteiger partial charge is 0.191 e. The number of halogens is 1. The number of hydrogen-bond acceptors (Lipinski definition) is 4. The number of thioether (sulfide) groups is 1. The Morgan fingerprint density at radius 1 is 1.26 bits per heavy atom. The first kappa shape index (κ1) is 26.5. The van der Waals surface area contributed by atoms with E-state index in [4.69, 9.17) is 4.99 Å². The van der Waals surface area contributed by atoms with E-state index in [9.17, 15) is 0 Å². The van der Waals surface area contributed by atoms with Crippen LogP contribution in [0.4, 0.5) is 0 Å². The molecule has 1 heterocycles. The lowest BCUT2D eigenvalue weighted by molar-refractivity contribution is 0.533. The van der Waals surface area contributed by atoms with Crippen LogP contribution in [0.15, 0.2) is 11.3 Å². The van der Waals surface area contributed by atoms with Gasteiger partial charge in [0.25, 0.3) is 0 Å². The van der Waals surface area contributed by atoms with Crippen LogP contribution in [0, 0.1) is 0 Å². The first-order chi connectivity index (χ1) is 12.7. The molecule has 0 fully saturated rings. The molecule has 27 heavy (non-hydrogen) atoms. The quantitative estimate of drug-likeness (QED) is 0.171. The maximum Gasteiger partial charge on any atom is 0.191 e. The second kappa shape index (κ2) is 17.6. The van der Waals surface area contributed by atoms with Crippen molar-refractivity contribution in [3.63, 3.8) is 0 Å². The Balaban J connectivity index is 0.00000676. The molecule has 2 N–H and O–H groups in total. The van der Waals surface area contributed by atoms with Crippen LogP contribution in [0.5, 0.6) is 0 Å². The molecule has 1 unspecified atom stereocenters. The highest BCUT2D eigenvalue weighted by Crippen LogP contribution is 2.05. The lowest BCUT2D eigenvalue weighted by atomic mass is 10.1. The fourth-order valence-corrected chi connectivity index (χ4v) is 3.19. The van der Waals surface area contributed by atoms with E-state index >= 15 is 0 Å². The molecule has 0 saturated carbocycles. The van der Waals surface area contributed by atoms with Gasteiger partial charge in [0.15, 0.2) is 5.96 Å². The Kier molecular flexibility index (Phi) is 17.2. The number of aromatic nitrogens is 3. The number of nitrogens with zero attached hydrogens (tertiary/aromatic N) is 4. The minimum Gasteiger partial charge on any atom is -0.355 e. The molecule has 1 aromatic heterocycles. The van der Waals surface area contributed by atoms with E-state index in [1.165, 1.54) is 32.1 Å². The van der Waals surface area contributed by atoms with E-state index in [-0.39, 0.29) is 24.0 Å². The van der Waals surface area contributed by atoms with Crippen LogP contribution in [0.2, 0.25) is 0 Å². The SMILES string of the molecule is CCCCCCC(C)NC(=NCCCSC)NCCn1cnnc1CC.I. The van der Waals surface area contributed by atoms with Crippen molar-refractivity contribution in [3.05, 3.63) is 12.2 Å². The summed E-state index contributed by atoms with van der Waals surface area (Å²) in [6, 6.07) is 0.444. The molecule has 0 bridgehead atoms.